The summed E-state index contributed by atoms with van der Waals surface area (Å²) < 4.78 is 13.1. The van der Waals surface area contributed by atoms with Crippen molar-refractivity contribution in [1.82, 2.24) is 10.2 Å². The molecule has 1 heterocycles. The average Bonchev–Trinajstić information content (AvgIpc) is 2.48. The standard InChI is InChI=1S/C15H21FN2OS/c1-11(18-7-3-2-4-8-18)10-17-15(19)12-5-6-13(16)14(20)9-12/h5-6,9,11,20H,2-4,7-8,10H2,1H3,(H,17,19). The van der Waals surface area contributed by atoms with Gasteiger partial charge in [0.15, 0.2) is 0 Å². The second kappa shape index (κ2) is 7.09. The number of hydrogen-bond donors (Lipinski definition) is 2. The average molecular weight is 296 g/mol. The molecule has 1 saturated heterocycles. The Morgan fingerprint density at radius 1 is 1.40 bits per heavy atom. The summed E-state index contributed by atoms with van der Waals surface area (Å²) in [4.78, 5) is 14.6. The molecule has 0 bridgehead atoms. The molecule has 1 N–H and O–H groups in total. The summed E-state index contributed by atoms with van der Waals surface area (Å²) in [6.45, 7) is 4.95. The fourth-order valence-corrected chi connectivity index (χ4v) is 2.70. The van der Waals surface area contributed by atoms with Gasteiger partial charge in [-0.15, -0.1) is 12.6 Å². The van der Waals surface area contributed by atoms with Gasteiger partial charge in [0.1, 0.15) is 5.82 Å². The van der Waals surface area contributed by atoms with Gasteiger partial charge in [-0.05, 0) is 51.1 Å². The van der Waals surface area contributed by atoms with Crippen LogP contribution in [0.4, 0.5) is 4.39 Å². The van der Waals surface area contributed by atoms with Crippen LogP contribution in [0.15, 0.2) is 23.1 Å². The molecule has 20 heavy (non-hydrogen) atoms. The third-order valence-corrected chi connectivity index (χ3v) is 4.12. The summed E-state index contributed by atoms with van der Waals surface area (Å²) in [6, 6.07) is 4.54. The van der Waals surface area contributed by atoms with Crippen LogP contribution in [0.1, 0.15) is 36.5 Å². The Balaban J connectivity index is 1.86. The molecule has 1 amide bonds. The van der Waals surface area contributed by atoms with Crippen LogP contribution in [-0.2, 0) is 0 Å². The maximum Gasteiger partial charge on any atom is 0.251 e. The molecule has 1 fully saturated rings. The smallest absolute Gasteiger partial charge is 0.251 e. The first-order valence-electron chi connectivity index (χ1n) is 7.08. The van der Waals surface area contributed by atoms with E-state index in [9.17, 15) is 9.18 Å². The monoisotopic (exact) mass is 296 g/mol. The lowest BCUT2D eigenvalue weighted by Crippen LogP contribution is -2.44. The number of nitrogens with zero attached hydrogens (tertiary/aromatic N) is 1. The molecule has 1 atom stereocenters. The molecule has 1 unspecified atom stereocenters. The van der Waals surface area contributed by atoms with Crippen LogP contribution in [0.5, 0.6) is 0 Å². The summed E-state index contributed by atoms with van der Waals surface area (Å²) in [5.74, 6) is -0.587. The minimum absolute atomic E-state index is 0.177. The minimum atomic E-state index is -0.411. The van der Waals surface area contributed by atoms with Crippen molar-refractivity contribution in [3.05, 3.63) is 29.6 Å². The molecular formula is C15H21FN2OS. The van der Waals surface area contributed by atoms with Gasteiger partial charge >= 0.3 is 0 Å². The van der Waals surface area contributed by atoms with E-state index in [0.717, 1.165) is 13.1 Å². The predicted octanol–water partition coefficient (Wildman–Crippen LogP) is 2.72. The third kappa shape index (κ3) is 3.96. The van der Waals surface area contributed by atoms with E-state index in [-0.39, 0.29) is 10.8 Å². The summed E-state index contributed by atoms with van der Waals surface area (Å²) in [6.07, 6.45) is 3.77. The van der Waals surface area contributed by atoms with E-state index in [1.54, 1.807) is 0 Å². The SMILES string of the molecule is CC(CNC(=O)c1ccc(F)c(S)c1)N1CCCCC1. The number of rotatable bonds is 4. The van der Waals surface area contributed by atoms with E-state index < -0.39 is 5.82 Å². The molecule has 1 aliphatic heterocycles. The normalized spacial score (nSPS) is 17.8. The number of thiol groups is 1. The zero-order chi connectivity index (χ0) is 14.5. The minimum Gasteiger partial charge on any atom is -0.350 e. The van der Waals surface area contributed by atoms with Gasteiger partial charge in [0.2, 0.25) is 0 Å². The Hall–Kier alpha value is -1.07. The molecule has 0 saturated carbocycles. The second-order valence-electron chi connectivity index (χ2n) is 5.32. The lowest BCUT2D eigenvalue weighted by atomic mass is 10.1. The van der Waals surface area contributed by atoms with Crippen molar-refractivity contribution in [3.8, 4) is 0 Å². The Kier molecular flexibility index (Phi) is 5.43. The highest BCUT2D eigenvalue weighted by Gasteiger charge is 2.17. The number of piperidine rings is 1. The van der Waals surface area contributed by atoms with E-state index in [2.05, 4.69) is 29.8 Å². The molecule has 3 nitrogen and oxygen atoms in total. The Morgan fingerprint density at radius 3 is 2.75 bits per heavy atom. The fraction of sp³-hybridized carbons (Fsp3) is 0.533. The van der Waals surface area contributed by atoms with Crippen molar-refractivity contribution in [3.63, 3.8) is 0 Å². The van der Waals surface area contributed by atoms with Crippen molar-refractivity contribution in [2.75, 3.05) is 19.6 Å². The number of benzene rings is 1. The van der Waals surface area contributed by atoms with Gasteiger partial charge in [0.05, 0.1) is 0 Å². The third-order valence-electron chi connectivity index (χ3n) is 3.78. The lowest BCUT2D eigenvalue weighted by Gasteiger charge is -2.32. The number of nitrogens with one attached hydrogen (secondary N) is 1. The molecule has 0 radical (unpaired) electrons. The summed E-state index contributed by atoms with van der Waals surface area (Å²) >= 11 is 3.99. The fourth-order valence-electron chi connectivity index (χ4n) is 2.48. The maximum absolute atomic E-state index is 13.1. The number of halogens is 1. The molecule has 2 rings (SSSR count). The summed E-state index contributed by atoms with van der Waals surface area (Å²) in [5, 5.41) is 2.91. The lowest BCUT2D eigenvalue weighted by molar-refractivity contribution is 0.0929. The van der Waals surface area contributed by atoms with E-state index in [0.29, 0.717) is 18.2 Å². The number of carbonyl (C=O) groups excluding carboxylic acids is 1. The number of hydrogen-bond acceptors (Lipinski definition) is 3. The molecule has 110 valence electrons. The van der Waals surface area contributed by atoms with Gasteiger partial charge in [-0.1, -0.05) is 6.42 Å². The predicted molar refractivity (Wildman–Crippen MR) is 80.9 cm³/mol. The van der Waals surface area contributed by atoms with E-state index >= 15 is 0 Å². The Morgan fingerprint density at radius 2 is 2.10 bits per heavy atom. The topological polar surface area (TPSA) is 32.3 Å². The Bertz CT molecular complexity index is 475. The molecule has 0 aromatic heterocycles. The molecule has 5 heteroatoms. The second-order valence-corrected chi connectivity index (χ2v) is 5.80. The van der Waals surface area contributed by atoms with Crippen LogP contribution >= 0.6 is 12.6 Å². The van der Waals surface area contributed by atoms with Gasteiger partial charge in [0, 0.05) is 23.0 Å². The first-order chi connectivity index (χ1) is 9.58. The first kappa shape index (κ1) is 15.3. The van der Waals surface area contributed by atoms with Gasteiger partial charge in [-0.25, -0.2) is 4.39 Å². The van der Waals surface area contributed by atoms with E-state index in [1.807, 2.05) is 0 Å². The van der Waals surface area contributed by atoms with Crippen LogP contribution in [0.3, 0.4) is 0 Å². The van der Waals surface area contributed by atoms with Gasteiger partial charge in [-0.3, -0.25) is 9.69 Å². The highest BCUT2D eigenvalue weighted by molar-refractivity contribution is 7.80. The number of carbonyl (C=O) groups is 1. The molecule has 1 aromatic rings. The summed E-state index contributed by atoms with van der Waals surface area (Å²) in [5.41, 5.74) is 0.447. The zero-order valence-corrected chi connectivity index (χ0v) is 12.6. The summed E-state index contributed by atoms with van der Waals surface area (Å²) in [7, 11) is 0. The Labute approximate surface area is 125 Å². The van der Waals surface area contributed by atoms with E-state index in [4.69, 9.17) is 0 Å². The molecule has 1 aromatic carbocycles. The number of amides is 1. The van der Waals surface area contributed by atoms with Crippen LogP contribution in [0.2, 0.25) is 0 Å². The van der Waals surface area contributed by atoms with Crippen molar-refractivity contribution < 1.29 is 9.18 Å². The van der Waals surface area contributed by atoms with Crippen LogP contribution < -0.4 is 5.32 Å². The van der Waals surface area contributed by atoms with Gasteiger partial charge in [-0.2, -0.15) is 0 Å². The molecule has 0 aliphatic carbocycles. The molecule has 1 aliphatic rings. The van der Waals surface area contributed by atoms with Crippen molar-refractivity contribution in [2.24, 2.45) is 0 Å². The highest BCUT2D eigenvalue weighted by Crippen LogP contribution is 2.14. The number of likely N-dealkylation sites (tertiary alicyclic amines) is 1. The van der Waals surface area contributed by atoms with Crippen LogP contribution in [0.25, 0.3) is 0 Å². The van der Waals surface area contributed by atoms with Gasteiger partial charge < -0.3 is 5.32 Å². The first-order valence-corrected chi connectivity index (χ1v) is 7.53. The van der Waals surface area contributed by atoms with Crippen molar-refractivity contribution >= 4 is 18.5 Å². The maximum atomic E-state index is 13.1. The van der Waals surface area contributed by atoms with Crippen LogP contribution in [-0.4, -0.2) is 36.5 Å². The van der Waals surface area contributed by atoms with E-state index in [1.165, 1.54) is 37.5 Å². The highest BCUT2D eigenvalue weighted by atomic mass is 32.1. The molecule has 0 spiro atoms. The van der Waals surface area contributed by atoms with Gasteiger partial charge in [0.25, 0.3) is 5.91 Å². The van der Waals surface area contributed by atoms with Crippen molar-refractivity contribution in [2.45, 2.75) is 37.1 Å². The zero-order valence-electron chi connectivity index (χ0n) is 11.7. The van der Waals surface area contributed by atoms with Crippen molar-refractivity contribution in [1.29, 1.82) is 0 Å². The van der Waals surface area contributed by atoms with Crippen LogP contribution in [0, 0.1) is 5.82 Å². The molecular weight excluding hydrogens is 275 g/mol. The largest absolute Gasteiger partial charge is 0.350 e. The quantitative estimate of drug-likeness (QED) is 0.837.